The van der Waals surface area contributed by atoms with Crippen molar-refractivity contribution >= 4 is 36.7 Å². The van der Waals surface area contributed by atoms with Gasteiger partial charge in [0.2, 0.25) is 30.9 Å². The summed E-state index contributed by atoms with van der Waals surface area (Å²) in [5.41, 5.74) is -2.09. The third-order valence-corrected chi connectivity index (χ3v) is 15.4. The van der Waals surface area contributed by atoms with E-state index in [1.54, 1.807) is 6.82 Å². The van der Waals surface area contributed by atoms with Crippen molar-refractivity contribution < 1.29 is 33.4 Å². The molecule has 5 N–H and O–H groups in total. The minimum absolute atomic E-state index is 0.0295. The van der Waals surface area contributed by atoms with Gasteiger partial charge in [-0.15, -0.1) is 0 Å². The summed E-state index contributed by atoms with van der Waals surface area (Å²) in [5.74, 6) is -0.758. The van der Waals surface area contributed by atoms with Crippen molar-refractivity contribution in [2.75, 3.05) is 39.4 Å². The molecule has 0 aromatic carbocycles. The minimum Gasteiger partial charge on any atom is -0.380 e. The van der Waals surface area contributed by atoms with E-state index in [4.69, 9.17) is 9.47 Å². The van der Waals surface area contributed by atoms with Gasteiger partial charge in [0, 0.05) is 56.3 Å². The van der Waals surface area contributed by atoms with E-state index in [0.717, 1.165) is 25.7 Å². The lowest BCUT2D eigenvalue weighted by molar-refractivity contribution is -0.135. The van der Waals surface area contributed by atoms with Gasteiger partial charge in [0.25, 0.3) is 0 Å². The standard InChI is InChI=1S/C69H132BN5O7/c1-12-14-16-18-20-22-24-26-28-30-32-34-36-38-40-42-44-46-48-50-61(76)71-54-66(3,4)58-81-59-67(5,6)55-74-64(79)60(75-65(80)70-11)52-53-63(78)73-57-69(9,10)82-68(7,8)56-72-62(77)51-49-47-45-43-41-39-37-35-33-31-29-27-25-23-21-19-17-15-13-2/h26-29,60,70H,12-25,30-59H2,1-11H3,(H,71,76)(H,72,77)(H,73,78)(H,74,79)(H,75,80)/b28-26-,29-27-/t60-/m0/s1. The van der Waals surface area contributed by atoms with Gasteiger partial charge in [0.15, 0.2) is 5.81 Å². The number of rotatable bonds is 58. The maximum atomic E-state index is 13.5. The van der Waals surface area contributed by atoms with Crippen LogP contribution in [0, 0.1) is 10.8 Å². The van der Waals surface area contributed by atoms with Crippen LogP contribution in [-0.2, 0) is 28.7 Å². The summed E-state index contributed by atoms with van der Waals surface area (Å²) in [5, 5.41) is 14.9. The van der Waals surface area contributed by atoms with E-state index in [0.29, 0.717) is 45.7 Å². The van der Waals surface area contributed by atoms with Crippen LogP contribution in [0.15, 0.2) is 24.3 Å². The lowest BCUT2D eigenvalue weighted by Crippen LogP contribution is -2.51. The molecule has 0 radical (unpaired) electrons. The molecule has 0 aliphatic carbocycles. The van der Waals surface area contributed by atoms with Crippen molar-refractivity contribution in [3.8, 4) is 0 Å². The Balaban J connectivity index is 4.36. The Morgan fingerprint density at radius 3 is 1.06 bits per heavy atom. The average molecular weight is 1150 g/mol. The zero-order valence-corrected chi connectivity index (χ0v) is 55.6. The van der Waals surface area contributed by atoms with Crippen LogP contribution in [0.2, 0.25) is 6.82 Å². The number of unbranched alkanes of at least 4 members (excludes halogenated alkanes) is 30. The molecule has 0 fully saturated rings. The number of hydrogen-bond acceptors (Lipinski definition) is 7. The van der Waals surface area contributed by atoms with Gasteiger partial charge in [-0.2, -0.15) is 0 Å². The van der Waals surface area contributed by atoms with Crippen LogP contribution in [0.5, 0.6) is 0 Å². The molecule has 1 atom stereocenters. The second kappa shape index (κ2) is 51.1. The van der Waals surface area contributed by atoms with Crippen LogP contribution < -0.4 is 26.6 Å². The number of carbonyl (C=O) groups excluding carboxylic acids is 5. The molecule has 0 aliphatic rings. The van der Waals surface area contributed by atoms with Crippen molar-refractivity contribution in [3.63, 3.8) is 0 Å². The van der Waals surface area contributed by atoms with Crippen LogP contribution in [0.1, 0.15) is 313 Å². The third-order valence-electron chi connectivity index (χ3n) is 15.4. The zero-order chi connectivity index (χ0) is 61.1. The normalized spacial score (nSPS) is 12.7. The topological polar surface area (TPSA) is 164 Å². The van der Waals surface area contributed by atoms with Crippen molar-refractivity contribution in [1.82, 2.24) is 26.6 Å². The van der Waals surface area contributed by atoms with Crippen molar-refractivity contribution in [2.24, 2.45) is 10.8 Å². The second-order valence-corrected chi connectivity index (χ2v) is 27.0. The Bertz CT molecular complexity index is 1670. The van der Waals surface area contributed by atoms with Gasteiger partial charge < -0.3 is 36.1 Å². The lowest BCUT2D eigenvalue weighted by atomic mass is 9.81. The maximum absolute atomic E-state index is 13.5. The SMILES string of the molecule is CBC(=O)N[C@@H](CCC(=O)NCC(C)(C)OC(C)(C)CNC(=O)CCCCCCCCCCC/C=C\CCCCCCCC)C(=O)NCC(C)(C)COCC(C)(C)CNC(=O)CCCCCCCCCCC/C=C\CCCCCCCC. The molecule has 0 bridgehead atoms. The van der Waals surface area contributed by atoms with Crippen LogP contribution in [-0.4, -0.2) is 93.4 Å². The highest BCUT2D eigenvalue weighted by atomic mass is 16.5. The first-order valence-corrected chi connectivity index (χ1v) is 34.1. The predicted molar refractivity (Wildman–Crippen MR) is 350 cm³/mol. The minimum atomic E-state index is -0.877. The second-order valence-electron chi connectivity index (χ2n) is 27.0. The number of allylic oxidation sites excluding steroid dienone is 4. The van der Waals surface area contributed by atoms with Gasteiger partial charge in [0.1, 0.15) is 6.04 Å². The van der Waals surface area contributed by atoms with E-state index >= 15 is 0 Å². The molecule has 0 aromatic rings. The molecule has 0 heterocycles. The summed E-state index contributed by atoms with van der Waals surface area (Å²) in [6.45, 7) is 24.3. The summed E-state index contributed by atoms with van der Waals surface area (Å²) in [6.07, 6.45) is 53.9. The fourth-order valence-electron chi connectivity index (χ4n) is 10.2. The van der Waals surface area contributed by atoms with E-state index in [2.05, 4.69) is 78.6 Å². The lowest BCUT2D eigenvalue weighted by Gasteiger charge is -2.36. The molecule has 0 saturated heterocycles. The van der Waals surface area contributed by atoms with E-state index in [1.165, 1.54) is 193 Å². The average Bonchev–Trinajstić information content (AvgIpc) is 3.47. The Labute approximate surface area is 506 Å². The summed E-state index contributed by atoms with van der Waals surface area (Å²) in [7, 11) is 0.212. The first-order chi connectivity index (χ1) is 39.2. The van der Waals surface area contributed by atoms with Gasteiger partial charge in [0.05, 0.1) is 24.4 Å². The van der Waals surface area contributed by atoms with Gasteiger partial charge >= 0.3 is 0 Å². The van der Waals surface area contributed by atoms with Gasteiger partial charge in [-0.3, -0.25) is 24.0 Å². The van der Waals surface area contributed by atoms with Crippen molar-refractivity contribution in [2.45, 2.75) is 337 Å². The monoisotopic (exact) mass is 1150 g/mol. The summed E-state index contributed by atoms with van der Waals surface area (Å²) >= 11 is 0. The fraction of sp³-hybridized carbons (Fsp3) is 0.870. The highest BCUT2D eigenvalue weighted by Gasteiger charge is 2.31. The van der Waals surface area contributed by atoms with Gasteiger partial charge in [-0.05, 0) is 98.3 Å². The highest BCUT2D eigenvalue weighted by molar-refractivity contribution is 6.72. The number of ether oxygens (including phenoxy) is 2. The third kappa shape index (κ3) is 52.4. The molecule has 0 unspecified atom stereocenters. The molecular formula is C69H132BN5O7. The van der Waals surface area contributed by atoms with Crippen LogP contribution >= 0.6 is 0 Å². The first kappa shape index (κ1) is 78.8. The number of amides is 5. The molecule has 0 rings (SSSR count). The maximum Gasteiger partial charge on any atom is 0.242 e. The smallest absolute Gasteiger partial charge is 0.242 e. The number of hydrogen-bond donors (Lipinski definition) is 5. The van der Waals surface area contributed by atoms with E-state index in [9.17, 15) is 24.0 Å². The van der Waals surface area contributed by atoms with Crippen LogP contribution in [0.4, 0.5) is 4.79 Å². The van der Waals surface area contributed by atoms with E-state index in [-0.39, 0.29) is 61.5 Å². The summed E-state index contributed by atoms with van der Waals surface area (Å²) in [6, 6.07) is -0.877. The molecule has 0 spiro atoms. The summed E-state index contributed by atoms with van der Waals surface area (Å²) < 4.78 is 12.6. The molecule has 0 aliphatic heterocycles. The molecule has 5 amide bonds. The number of nitrogens with one attached hydrogen (secondary N) is 5. The Hall–Kier alpha value is -3.19. The van der Waals surface area contributed by atoms with Crippen LogP contribution in [0.3, 0.4) is 0 Å². The summed E-state index contributed by atoms with van der Waals surface area (Å²) in [4.78, 5) is 64.4. The Kier molecular flexibility index (Phi) is 49.1. The fourth-order valence-corrected chi connectivity index (χ4v) is 10.2. The molecular weight excluding hydrogens is 1020 g/mol. The predicted octanol–water partition coefficient (Wildman–Crippen LogP) is 16.6. The van der Waals surface area contributed by atoms with Gasteiger partial charge in [-0.1, -0.05) is 227 Å². The quantitative estimate of drug-likeness (QED) is 0.0230. The van der Waals surface area contributed by atoms with Gasteiger partial charge in [-0.25, -0.2) is 0 Å². The van der Waals surface area contributed by atoms with Crippen LogP contribution in [0.25, 0.3) is 0 Å². The van der Waals surface area contributed by atoms with E-state index < -0.39 is 22.7 Å². The molecule has 0 saturated carbocycles. The van der Waals surface area contributed by atoms with Crippen molar-refractivity contribution in [3.05, 3.63) is 24.3 Å². The molecule has 82 heavy (non-hydrogen) atoms. The zero-order valence-electron chi connectivity index (χ0n) is 55.6. The molecule has 478 valence electrons. The molecule has 12 nitrogen and oxygen atoms in total. The highest BCUT2D eigenvalue weighted by Crippen LogP contribution is 2.22. The Morgan fingerprint density at radius 1 is 0.402 bits per heavy atom. The molecule has 0 aromatic heterocycles. The first-order valence-electron chi connectivity index (χ1n) is 34.1. The largest absolute Gasteiger partial charge is 0.380 e. The van der Waals surface area contributed by atoms with Crippen molar-refractivity contribution in [1.29, 1.82) is 0 Å². The molecule has 13 heteroatoms. The Morgan fingerprint density at radius 2 is 0.707 bits per heavy atom. The number of carbonyl (C=O) groups is 5. The van der Waals surface area contributed by atoms with E-state index in [1.807, 2.05) is 41.5 Å².